The number of hydrogen-bond acceptors (Lipinski definition) is 1. The summed E-state index contributed by atoms with van der Waals surface area (Å²) in [7, 11) is 0. The fourth-order valence-corrected chi connectivity index (χ4v) is 5.82. The third kappa shape index (κ3) is 1.54. The second kappa shape index (κ2) is 3.50. The summed E-state index contributed by atoms with van der Waals surface area (Å²) >= 11 is 0. The molecule has 0 aromatic heterocycles. The van der Waals surface area contributed by atoms with Crippen LogP contribution in [0.4, 0.5) is 0 Å². The van der Waals surface area contributed by atoms with Crippen LogP contribution in [-0.4, -0.2) is 12.2 Å². The first kappa shape index (κ1) is 12.0. The molecule has 1 heterocycles. The summed E-state index contributed by atoms with van der Waals surface area (Å²) < 4.78 is 6.13. The van der Waals surface area contributed by atoms with E-state index in [0.29, 0.717) is 10.8 Å². The van der Waals surface area contributed by atoms with Crippen molar-refractivity contribution in [2.75, 3.05) is 6.61 Å². The van der Waals surface area contributed by atoms with Crippen molar-refractivity contribution in [1.29, 1.82) is 0 Å². The van der Waals surface area contributed by atoms with Gasteiger partial charge in [-0.25, -0.2) is 0 Å². The SMILES string of the molecule is CC1(C)CCCC2(C)C1CC[C@@]1(C)OCCC21. The highest BCUT2D eigenvalue weighted by Crippen LogP contribution is 2.64. The number of ether oxygens (including phenoxy) is 1. The second-order valence-corrected chi connectivity index (χ2v) is 7.94. The number of fused-ring (bicyclic) bond motifs is 3. The van der Waals surface area contributed by atoms with Crippen LogP contribution >= 0.6 is 0 Å². The van der Waals surface area contributed by atoms with Crippen molar-refractivity contribution in [2.24, 2.45) is 22.7 Å². The molecule has 3 aliphatic rings. The van der Waals surface area contributed by atoms with Crippen LogP contribution in [-0.2, 0) is 4.74 Å². The first-order valence-electron chi connectivity index (χ1n) is 7.52. The molecule has 0 bridgehead atoms. The minimum atomic E-state index is 0.207. The van der Waals surface area contributed by atoms with E-state index < -0.39 is 0 Å². The molecule has 0 amide bonds. The minimum absolute atomic E-state index is 0.207. The monoisotopic (exact) mass is 236 g/mol. The standard InChI is InChI=1S/C16H28O/c1-14(2)8-5-9-15(3)12(14)6-10-16(4)13(15)7-11-17-16/h12-13H,5-11H2,1-4H3/t12?,13?,15?,16-/m1/s1. The van der Waals surface area contributed by atoms with Crippen molar-refractivity contribution in [3.63, 3.8) is 0 Å². The topological polar surface area (TPSA) is 9.23 Å². The maximum atomic E-state index is 6.13. The van der Waals surface area contributed by atoms with E-state index in [9.17, 15) is 0 Å². The zero-order valence-corrected chi connectivity index (χ0v) is 12.0. The van der Waals surface area contributed by atoms with Gasteiger partial charge in [0.15, 0.2) is 0 Å². The summed E-state index contributed by atoms with van der Waals surface area (Å²) in [6.07, 6.45) is 8.27. The predicted molar refractivity (Wildman–Crippen MR) is 70.9 cm³/mol. The van der Waals surface area contributed by atoms with Crippen molar-refractivity contribution in [2.45, 2.75) is 71.8 Å². The molecule has 2 saturated carbocycles. The van der Waals surface area contributed by atoms with Crippen LogP contribution in [0.2, 0.25) is 0 Å². The Morgan fingerprint density at radius 2 is 1.65 bits per heavy atom. The molecule has 17 heavy (non-hydrogen) atoms. The van der Waals surface area contributed by atoms with Crippen LogP contribution in [0.1, 0.15) is 66.2 Å². The molecule has 0 aromatic carbocycles. The van der Waals surface area contributed by atoms with Gasteiger partial charge in [0.05, 0.1) is 5.60 Å². The average molecular weight is 236 g/mol. The highest BCUT2D eigenvalue weighted by molar-refractivity contribution is 5.09. The van der Waals surface area contributed by atoms with Crippen molar-refractivity contribution in [1.82, 2.24) is 0 Å². The van der Waals surface area contributed by atoms with Crippen LogP contribution in [0, 0.1) is 22.7 Å². The smallest absolute Gasteiger partial charge is 0.0688 e. The summed E-state index contributed by atoms with van der Waals surface area (Å²) in [6, 6.07) is 0. The highest BCUT2D eigenvalue weighted by atomic mass is 16.5. The van der Waals surface area contributed by atoms with Crippen LogP contribution < -0.4 is 0 Å². The molecule has 0 N–H and O–H groups in total. The molecule has 0 spiro atoms. The number of rotatable bonds is 0. The third-order valence-corrected chi connectivity index (χ3v) is 6.58. The van der Waals surface area contributed by atoms with Gasteiger partial charge >= 0.3 is 0 Å². The van der Waals surface area contributed by atoms with Gasteiger partial charge in [-0.3, -0.25) is 0 Å². The second-order valence-electron chi connectivity index (χ2n) is 7.94. The van der Waals surface area contributed by atoms with Crippen LogP contribution in [0.3, 0.4) is 0 Å². The van der Waals surface area contributed by atoms with E-state index in [4.69, 9.17) is 4.74 Å². The summed E-state index contributed by atoms with van der Waals surface area (Å²) in [5, 5.41) is 0. The van der Waals surface area contributed by atoms with Crippen LogP contribution in [0.25, 0.3) is 0 Å². The van der Waals surface area contributed by atoms with E-state index in [0.717, 1.165) is 18.4 Å². The van der Waals surface area contributed by atoms with Crippen LogP contribution in [0.15, 0.2) is 0 Å². The third-order valence-electron chi connectivity index (χ3n) is 6.58. The average Bonchev–Trinajstić information content (AvgIpc) is 2.60. The lowest BCUT2D eigenvalue weighted by molar-refractivity contribution is -0.147. The van der Waals surface area contributed by atoms with Gasteiger partial charge in [-0.05, 0) is 61.7 Å². The van der Waals surface area contributed by atoms with Gasteiger partial charge in [-0.15, -0.1) is 0 Å². The maximum Gasteiger partial charge on any atom is 0.0688 e. The molecule has 3 unspecified atom stereocenters. The Kier molecular flexibility index (Phi) is 2.47. The molecule has 4 atom stereocenters. The molecule has 2 aliphatic carbocycles. The summed E-state index contributed by atoms with van der Waals surface area (Å²) in [4.78, 5) is 0. The molecule has 1 aliphatic heterocycles. The molecule has 1 heteroatoms. The molecular formula is C16H28O. The minimum Gasteiger partial charge on any atom is -0.375 e. The summed E-state index contributed by atoms with van der Waals surface area (Å²) in [5.41, 5.74) is 1.31. The van der Waals surface area contributed by atoms with Gasteiger partial charge in [-0.2, -0.15) is 0 Å². The maximum absolute atomic E-state index is 6.13. The Labute approximate surface area is 106 Å². The lowest BCUT2D eigenvalue weighted by Gasteiger charge is -2.60. The van der Waals surface area contributed by atoms with E-state index in [1.807, 2.05) is 0 Å². The molecule has 1 nitrogen and oxygen atoms in total. The molecule has 0 radical (unpaired) electrons. The Hall–Kier alpha value is -0.0400. The zero-order valence-electron chi connectivity index (χ0n) is 12.0. The number of hydrogen-bond donors (Lipinski definition) is 0. The van der Waals surface area contributed by atoms with Gasteiger partial charge in [0, 0.05) is 6.61 Å². The lowest BCUT2D eigenvalue weighted by atomic mass is 9.46. The van der Waals surface area contributed by atoms with Gasteiger partial charge in [0.25, 0.3) is 0 Å². The summed E-state index contributed by atoms with van der Waals surface area (Å²) in [5.74, 6) is 1.73. The molecule has 1 saturated heterocycles. The van der Waals surface area contributed by atoms with Gasteiger partial charge in [0.2, 0.25) is 0 Å². The van der Waals surface area contributed by atoms with Gasteiger partial charge < -0.3 is 4.74 Å². The van der Waals surface area contributed by atoms with E-state index in [1.54, 1.807) is 0 Å². The van der Waals surface area contributed by atoms with Gasteiger partial charge in [-0.1, -0.05) is 27.2 Å². The Morgan fingerprint density at radius 3 is 2.41 bits per heavy atom. The lowest BCUT2D eigenvalue weighted by Crippen LogP contribution is -2.55. The Balaban J connectivity index is 1.98. The van der Waals surface area contributed by atoms with E-state index in [2.05, 4.69) is 27.7 Å². The molecule has 3 rings (SSSR count). The van der Waals surface area contributed by atoms with Gasteiger partial charge in [0.1, 0.15) is 0 Å². The normalized spacial score (nSPS) is 52.9. The predicted octanol–water partition coefficient (Wildman–Crippen LogP) is 4.41. The first-order chi connectivity index (χ1) is 7.89. The fourth-order valence-electron chi connectivity index (χ4n) is 5.82. The fraction of sp³-hybridized carbons (Fsp3) is 1.00. The van der Waals surface area contributed by atoms with Crippen molar-refractivity contribution < 1.29 is 4.74 Å². The molecular weight excluding hydrogens is 208 g/mol. The molecule has 98 valence electrons. The molecule has 0 aromatic rings. The molecule has 3 fully saturated rings. The summed E-state index contributed by atoms with van der Waals surface area (Å²) in [6.45, 7) is 11.0. The van der Waals surface area contributed by atoms with Crippen molar-refractivity contribution in [3.8, 4) is 0 Å². The van der Waals surface area contributed by atoms with E-state index in [-0.39, 0.29) is 5.60 Å². The quantitative estimate of drug-likeness (QED) is 0.605. The van der Waals surface area contributed by atoms with E-state index in [1.165, 1.54) is 38.5 Å². The zero-order chi connectivity index (χ0) is 12.3. The van der Waals surface area contributed by atoms with Crippen LogP contribution in [0.5, 0.6) is 0 Å². The van der Waals surface area contributed by atoms with Crippen molar-refractivity contribution in [3.05, 3.63) is 0 Å². The largest absolute Gasteiger partial charge is 0.375 e. The van der Waals surface area contributed by atoms with Crippen molar-refractivity contribution >= 4 is 0 Å². The Bertz CT molecular complexity index is 317. The first-order valence-corrected chi connectivity index (χ1v) is 7.52. The Morgan fingerprint density at radius 1 is 0.882 bits per heavy atom. The highest BCUT2D eigenvalue weighted by Gasteiger charge is 2.60. The van der Waals surface area contributed by atoms with E-state index >= 15 is 0 Å².